The number of rotatable bonds is 31. The smallest absolute Gasteiger partial charge is 0.397 e. The highest BCUT2D eigenvalue weighted by Crippen LogP contribution is 2.41. The fourth-order valence-electron chi connectivity index (χ4n) is 6.40. The fourth-order valence-corrected chi connectivity index (χ4v) is 10.8. The number of hydrogen-bond acceptors (Lipinski definition) is 12. The minimum Gasteiger partial charge on any atom is -0.508 e. The molecule has 0 radical (unpaired) electrons. The lowest BCUT2D eigenvalue weighted by Gasteiger charge is -2.25. The molecule has 12 nitrogen and oxygen atoms in total. The first-order valence-corrected chi connectivity index (χ1v) is 24.8. The first kappa shape index (κ1) is 51.2. The molecule has 0 aliphatic heterocycles. The molecule has 326 valence electrons. The van der Waals surface area contributed by atoms with Gasteiger partial charge in [-0.25, -0.2) is 8.37 Å². The van der Waals surface area contributed by atoms with Crippen molar-refractivity contribution in [1.82, 2.24) is 0 Å². The Morgan fingerprint density at radius 3 is 1.21 bits per heavy atom. The quantitative estimate of drug-likeness (QED) is 0.0180. The highest BCUT2D eigenvalue weighted by Gasteiger charge is 2.26. The van der Waals surface area contributed by atoms with Crippen LogP contribution in [0.1, 0.15) is 115 Å². The maximum Gasteiger partial charge on any atom is 0.397 e. The first-order valence-electron chi connectivity index (χ1n) is 19.8. The monoisotopic (exact) mass is 886 g/mol. The number of phenolic OH excluding ortho intramolecular Hbond substituents is 4. The lowest BCUT2D eigenvalue weighted by Crippen LogP contribution is -2.23. The van der Waals surface area contributed by atoms with Crippen molar-refractivity contribution in [2.45, 2.75) is 139 Å². The summed E-state index contributed by atoms with van der Waals surface area (Å²) in [5.74, 6) is 0.0583. The summed E-state index contributed by atoms with van der Waals surface area (Å²) in [6, 6.07) is 9.11. The molecule has 0 unspecified atom stereocenters. The molecule has 0 fully saturated rings. The van der Waals surface area contributed by atoms with Gasteiger partial charge in [0, 0.05) is 22.6 Å². The van der Waals surface area contributed by atoms with Crippen LogP contribution in [0.2, 0.25) is 0 Å². The minimum atomic E-state index is -4.73. The third kappa shape index (κ3) is 26.2. The second-order valence-electron chi connectivity index (χ2n) is 14.2. The predicted molar refractivity (Wildman–Crippen MR) is 235 cm³/mol. The van der Waals surface area contributed by atoms with Gasteiger partial charge in [-0.3, -0.25) is 9.11 Å². The Bertz CT molecular complexity index is 1640. The van der Waals surface area contributed by atoms with Crippen molar-refractivity contribution >= 4 is 42.4 Å². The molecule has 0 spiro atoms. The van der Waals surface area contributed by atoms with E-state index >= 15 is 0 Å². The minimum absolute atomic E-state index is 0.0146. The highest BCUT2D eigenvalue weighted by atomic mass is 33.1. The van der Waals surface area contributed by atoms with E-state index in [1.807, 2.05) is 38.2 Å². The van der Waals surface area contributed by atoms with Gasteiger partial charge in [0.15, 0.2) is 0 Å². The van der Waals surface area contributed by atoms with Crippen molar-refractivity contribution in [3.05, 3.63) is 96.1 Å². The maximum atomic E-state index is 11.9. The zero-order chi connectivity index (χ0) is 42.8. The molecule has 58 heavy (non-hydrogen) atoms. The number of aryl methyl sites for hydroxylation is 2. The first-order chi connectivity index (χ1) is 27.5. The third-order valence-corrected chi connectivity index (χ3v) is 13.5. The van der Waals surface area contributed by atoms with Gasteiger partial charge in [-0.05, 0) is 113 Å². The Morgan fingerprint density at radius 1 is 0.534 bits per heavy atom. The van der Waals surface area contributed by atoms with Crippen LogP contribution in [0.3, 0.4) is 0 Å². The topological polar surface area (TPSA) is 208 Å². The number of allylic oxidation sites excluding steroid dienone is 6. The predicted octanol–water partition coefficient (Wildman–Crippen LogP) is 10.5. The van der Waals surface area contributed by atoms with Crippen molar-refractivity contribution in [3.8, 4) is 23.0 Å². The van der Waals surface area contributed by atoms with Crippen LogP contribution in [0.25, 0.3) is 0 Å². The van der Waals surface area contributed by atoms with Crippen LogP contribution in [-0.2, 0) is 42.0 Å². The molecular weight excluding hydrogens is 825 g/mol. The van der Waals surface area contributed by atoms with Gasteiger partial charge in [0.25, 0.3) is 0 Å². The van der Waals surface area contributed by atoms with Crippen molar-refractivity contribution in [2.75, 3.05) is 0 Å². The fraction of sp³-hybridized carbons (Fsp3) is 0.524. The van der Waals surface area contributed by atoms with E-state index in [0.29, 0.717) is 38.5 Å². The molecule has 2 aromatic carbocycles. The second-order valence-corrected chi connectivity index (χ2v) is 19.2. The zero-order valence-corrected chi connectivity index (χ0v) is 36.7. The van der Waals surface area contributed by atoms with Crippen LogP contribution in [0.5, 0.6) is 23.0 Å². The lowest BCUT2D eigenvalue weighted by atomic mass is 10.0. The Morgan fingerprint density at radius 2 is 0.879 bits per heavy atom. The maximum absolute atomic E-state index is 11.9. The van der Waals surface area contributed by atoms with Crippen LogP contribution < -0.4 is 0 Å². The second kappa shape index (κ2) is 28.5. The van der Waals surface area contributed by atoms with E-state index in [-0.39, 0.29) is 46.3 Å². The van der Waals surface area contributed by atoms with Gasteiger partial charge in [0.05, 0.1) is 12.2 Å². The SMILES string of the molecule is C/C=C/C=C/C[C@H](C[C@@H](CCCCCCc1cc(O)cc(O)c1)SS[C@H](CCCCCCc1cc(O)cc(O)c1)C[C@H](C/C=C/C=C/C)OS(=O)(=O)O)OS(=O)(=O)O. The molecule has 0 aromatic heterocycles. The molecule has 0 aliphatic rings. The summed E-state index contributed by atoms with van der Waals surface area (Å²) in [6.07, 6.45) is 23.6. The zero-order valence-electron chi connectivity index (χ0n) is 33.5. The van der Waals surface area contributed by atoms with Crippen molar-refractivity contribution < 1.29 is 54.7 Å². The highest BCUT2D eigenvalue weighted by molar-refractivity contribution is 8.77. The number of unbranched alkanes of at least 4 members (excludes halogenated alkanes) is 6. The van der Waals surface area contributed by atoms with Gasteiger partial charge in [0.1, 0.15) is 23.0 Å². The van der Waals surface area contributed by atoms with Crippen LogP contribution in [-0.4, -0.2) is 69.1 Å². The van der Waals surface area contributed by atoms with Gasteiger partial charge in [-0.15, -0.1) is 0 Å². The Balaban J connectivity index is 2.20. The summed E-state index contributed by atoms with van der Waals surface area (Å²) < 4.78 is 77.0. The van der Waals surface area contributed by atoms with Crippen molar-refractivity contribution in [1.29, 1.82) is 0 Å². The molecule has 2 aromatic rings. The van der Waals surface area contributed by atoms with Crippen molar-refractivity contribution in [2.24, 2.45) is 0 Å². The van der Waals surface area contributed by atoms with Crippen LogP contribution >= 0.6 is 21.6 Å². The largest absolute Gasteiger partial charge is 0.508 e. The van der Waals surface area contributed by atoms with Gasteiger partial charge in [0.2, 0.25) is 0 Å². The van der Waals surface area contributed by atoms with E-state index in [4.69, 9.17) is 8.37 Å². The standard InChI is InChI=1S/C42H62O12S4/c1-3-5-7-15-21-39(53-57(47,48)49)31-41(23-17-11-9-13-19-33-25-35(43)29-36(44)26-33)55-56-42(32-40(54-58(50,51)52)22-16-8-6-4-2)24-18-12-10-14-20-34-27-37(45)30-38(46)28-34/h3-8,15-16,25-30,39-46H,9-14,17-24,31-32H2,1-2H3,(H,47,48,49)(H,50,51,52)/b5-3+,6-4+,15-7+,16-8+/t39-,40+,41-,42-/m1/s1. The van der Waals surface area contributed by atoms with Gasteiger partial charge in [-0.1, -0.05) is 109 Å². The molecular formula is C42H62O12S4. The molecule has 2 rings (SSSR count). The van der Waals surface area contributed by atoms with E-state index in [0.717, 1.165) is 62.5 Å². The van der Waals surface area contributed by atoms with E-state index in [2.05, 4.69) is 0 Å². The number of hydrogen-bond donors (Lipinski definition) is 6. The summed E-state index contributed by atoms with van der Waals surface area (Å²) in [7, 11) is -6.32. The molecule has 0 aliphatic carbocycles. The van der Waals surface area contributed by atoms with E-state index in [1.165, 1.54) is 12.1 Å². The Hall–Kier alpha value is -2.96. The molecule has 4 atom stereocenters. The molecule has 0 heterocycles. The average Bonchev–Trinajstić information content (AvgIpc) is 3.11. The summed E-state index contributed by atoms with van der Waals surface area (Å²) in [4.78, 5) is 0. The third-order valence-electron chi connectivity index (χ3n) is 8.98. The van der Waals surface area contributed by atoms with E-state index < -0.39 is 33.0 Å². The molecule has 16 heteroatoms. The molecule has 0 bridgehead atoms. The normalized spacial score (nSPS) is 14.9. The molecule has 0 saturated heterocycles. The number of phenols is 4. The summed E-state index contributed by atoms with van der Waals surface area (Å²) in [6.45, 7) is 3.72. The Labute approximate surface area is 353 Å². The van der Waals surface area contributed by atoms with Crippen LogP contribution in [0.4, 0.5) is 0 Å². The molecule has 0 saturated carbocycles. The average molecular weight is 887 g/mol. The molecule has 0 amide bonds. The molecule has 6 N–H and O–H groups in total. The van der Waals surface area contributed by atoms with Crippen molar-refractivity contribution in [3.63, 3.8) is 0 Å². The lowest BCUT2D eigenvalue weighted by molar-refractivity contribution is 0.172. The van der Waals surface area contributed by atoms with Gasteiger partial charge in [-0.2, -0.15) is 16.8 Å². The van der Waals surface area contributed by atoms with Crippen LogP contribution in [0, 0.1) is 0 Å². The number of aromatic hydroxyl groups is 4. The van der Waals surface area contributed by atoms with Gasteiger partial charge < -0.3 is 20.4 Å². The Kier molecular flexibility index (Phi) is 25.1. The van der Waals surface area contributed by atoms with E-state index in [9.17, 15) is 46.4 Å². The summed E-state index contributed by atoms with van der Waals surface area (Å²) >= 11 is 0. The number of benzene rings is 2. The summed E-state index contributed by atoms with van der Waals surface area (Å²) in [5.41, 5.74) is 1.69. The van der Waals surface area contributed by atoms with E-state index in [1.54, 1.807) is 70.2 Å². The van der Waals surface area contributed by atoms with Gasteiger partial charge >= 0.3 is 20.8 Å². The van der Waals surface area contributed by atoms with Crippen LogP contribution in [0.15, 0.2) is 85.0 Å². The summed E-state index contributed by atoms with van der Waals surface area (Å²) in [5, 5.41) is 39.0.